The number of fused-ring (bicyclic) bond motifs is 1. The predicted octanol–water partition coefficient (Wildman–Crippen LogP) is 4.55. The minimum absolute atomic E-state index is 0.131. The van der Waals surface area contributed by atoms with Gasteiger partial charge < -0.3 is 4.74 Å². The normalized spacial score (nSPS) is 25.4. The van der Waals surface area contributed by atoms with Gasteiger partial charge in [-0.2, -0.15) is 5.10 Å². The van der Waals surface area contributed by atoms with Gasteiger partial charge in [-0.3, -0.25) is 4.79 Å². The topological polar surface area (TPSA) is 50.7 Å². The largest absolute Gasteiger partial charge is 0.491 e. The van der Waals surface area contributed by atoms with Crippen LogP contribution in [0.1, 0.15) is 69.2 Å². The summed E-state index contributed by atoms with van der Waals surface area (Å²) in [5, 5.41) is 4.41. The third-order valence-electron chi connectivity index (χ3n) is 5.17. The predicted molar refractivity (Wildman–Crippen MR) is 96.4 cm³/mol. The zero-order valence-electron chi connectivity index (χ0n) is 14.8. The van der Waals surface area contributed by atoms with Crippen LogP contribution in [0.25, 0.3) is 0 Å². The van der Waals surface area contributed by atoms with Crippen LogP contribution in [0.3, 0.4) is 0 Å². The van der Waals surface area contributed by atoms with Crippen molar-refractivity contribution in [2.45, 2.75) is 64.9 Å². The van der Waals surface area contributed by atoms with Crippen LogP contribution >= 0.6 is 0 Å². The van der Waals surface area contributed by atoms with Gasteiger partial charge in [0, 0.05) is 11.3 Å². The van der Waals surface area contributed by atoms with Gasteiger partial charge in [0.05, 0.1) is 6.10 Å². The number of nitrogens with zero attached hydrogens (tertiary/aromatic N) is 1. The fraction of sp³-hybridized carbons (Fsp3) is 0.600. The van der Waals surface area contributed by atoms with Gasteiger partial charge in [-0.1, -0.05) is 19.3 Å². The molecule has 0 saturated heterocycles. The number of carbonyl (C=O) groups is 1. The van der Waals surface area contributed by atoms with Crippen LogP contribution < -0.4 is 10.2 Å². The van der Waals surface area contributed by atoms with E-state index in [1.165, 1.54) is 32.1 Å². The van der Waals surface area contributed by atoms with Gasteiger partial charge in [0.1, 0.15) is 5.75 Å². The van der Waals surface area contributed by atoms with E-state index < -0.39 is 0 Å². The lowest BCUT2D eigenvalue weighted by Gasteiger charge is -2.35. The van der Waals surface area contributed by atoms with E-state index in [1.807, 2.05) is 26.0 Å². The van der Waals surface area contributed by atoms with E-state index in [0.29, 0.717) is 5.56 Å². The molecule has 4 nitrogen and oxygen atoms in total. The summed E-state index contributed by atoms with van der Waals surface area (Å²) in [7, 11) is 0. The molecule has 24 heavy (non-hydrogen) atoms. The van der Waals surface area contributed by atoms with Crippen LogP contribution in [0.2, 0.25) is 0 Å². The maximum absolute atomic E-state index is 12.2. The molecule has 1 amide bonds. The van der Waals surface area contributed by atoms with E-state index in [-0.39, 0.29) is 12.0 Å². The van der Waals surface area contributed by atoms with Crippen molar-refractivity contribution < 1.29 is 9.53 Å². The summed E-state index contributed by atoms with van der Waals surface area (Å²) in [6.07, 6.45) is 8.91. The van der Waals surface area contributed by atoms with Gasteiger partial charge in [-0.15, -0.1) is 0 Å². The Kier molecular flexibility index (Phi) is 5.54. The van der Waals surface area contributed by atoms with Crippen molar-refractivity contribution in [1.29, 1.82) is 0 Å². The highest BCUT2D eigenvalue weighted by Gasteiger charge is 2.30. The standard InChI is InChI=1S/C20H28N2O2/c1-14(2)24-19-11-8-16(9-12-19)20(23)22-21-18-10-7-15-5-3-4-6-17(15)13-18/h8-9,11-12,14-15,17H,3-7,10,13H2,1-2H3,(H,22,23)/b21-18-/t15-,17+/m1/s1. The van der Waals surface area contributed by atoms with Crippen molar-refractivity contribution in [3.63, 3.8) is 0 Å². The number of benzene rings is 1. The van der Waals surface area contributed by atoms with Crippen molar-refractivity contribution in [3.05, 3.63) is 29.8 Å². The van der Waals surface area contributed by atoms with Crippen LogP contribution in [0.5, 0.6) is 5.75 Å². The monoisotopic (exact) mass is 328 g/mol. The van der Waals surface area contributed by atoms with E-state index in [0.717, 1.165) is 36.1 Å². The first kappa shape index (κ1) is 17.0. The van der Waals surface area contributed by atoms with E-state index in [2.05, 4.69) is 10.5 Å². The third kappa shape index (κ3) is 4.37. The molecular weight excluding hydrogens is 300 g/mol. The molecule has 2 aliphatic carbocycles. The van der Waals surface area contributed by atoms with Gasteiger partial charge in [0.15, 0.2) is 0 Å². The minimum Gasteiger partial charge on any atom is -0.491 e. The molecule has 130 valence electrons. The summed E-state index contributed by atoms with van der Waals surface area (Å²) in [6.45, 7) is 3.97. The second-order valence-corrected chi connectivity index (χ2v) is 7.36. The number of nitrogens with one attached hydrogen (secondary N) is 1. The molecule has 1 N–H and O–H groups in total. The Morgan fingerprint density at radius 1 is 1.12 bits per heavy atom. The average Bonchev–Trinajstić information content (AvgIpc) is 2.59. The quantitative estimate of drug-likeness (QED) is 0.824. The zero-order chi connectivity index (χ0) is 16.9. The van der Waals surface area contributed by atoms with Gasteiger partial charge >= 0.3 is 0 Å². The number of hydrazone groups is 1. The van der Waals surface area contributed by atoms with Crippen LogP contribution in [0.4, 0.5) is 0 Å². The first-order valence-electron chi connectivity index (χ1n) is 9.24. The van der Waals surface area contributed by atoms with Crippen molar-refractivity contribution in [2.75, 3.05) is 0 Å². The van der Waals surface area contributed by atoms with Crippen molar-refractivity contribution in [2.24, 2.45) is 16.9 Å². The SMILES string of the molecule is CC(C)Oc1ccc(C(=O)N/N=C2/CC[C@H]3CCCC[C@H]3C2)cc1. The molecule has 4 heteroatoms. The molecule has 2 aliphatic rings. The Hall–Kier alpha value is -1.84. The van der Waals surface area contributed by atoms with E-state index in [1.54, 1.807) is 12.1 Å². The molecule has 3 rings (SSSR count). The Bertz CT molecular complexity index is 592. The summed E-state index contributed by atoms with van der Waals surface area (Å²) < 4.78 is 5.60. The highest BCUT2D eigenvalue weighted by Crippen LogP contribution is 2.39. The molecule has 2 fully saturated rings. The zero-order valence-corrected chi connectivity index (χ0v) is 14.8. The van der Waals surface area contributed by atoms with Crippen LogP contribution in [-0.4, -0.2) is 17.7 Å². The molecule has 0 spiro atoms. The number of amides is 1. The van der Waals surface area contributed by atoms with Crippen LogP contribution in [0.15, 0.2) is 29.4 Å². The number of carbonyl (C=O) groups excluding carboxylic acids is 1. The first-order chi connectivity index (χ1) is 11.6. The maximum atomic E-state index is 12.2. The number of hydrogen-bond donors (Lipinski definition) is 1. The van der Waals surface area contributed by atoms with Gasteiger partial charge in [-0.25, -0.2) is 5.43 Å². The number of hydrogen-bond acceptors (Lipinski definition) is 3. The third-order valence-corrected chi connectivity index (χ3v) is 5.17. The molecule has 0 radical (unpaired) electrons. The van der Waals surface area contributed by atoms with Gasteiger partial charge in [0.2, 0.25) is 0 Å². The lowest BCUT2D eigenvalue weighted by Crippen LogP contribution is -2.29. The molecule has 0 aromatic heterocycles. The maximum Gasteiger partial charge on any atom is 0.271 e. The van der Waals surface area contributed by atoms with Crippen LogP contribution in [-0.2, 0) is 0 Å². The lowest BCUT2D eigenvalue weighted by molar-refractivity contribution is 0.0954. The highest BCUT2D eigenvalue weighted by atomic mass is 16.5. The molecule has 1 aromatic rings. The van der Waals surface area contributed by atoms with Crippen LogP contribution in [0, 0.1) is 11.8 Å². The Labute approximate surface area is 144 Å². The van der Waals surface area contributed by atoms with Crippen molar-refractivity contribution >= 4 is 11.6 Å². The summed E-state index contributed by atoms with van der Waals surface area (Å²) >= 11 is 0. The molecule has 0 aliphatic heterocycles. The molecular formula is C20H28N2O2. The smallest absolute Gasteiger partial charge is 0.271 e. The summed E-state index contributed by atoms with van der Waals surface area (Å²) in [4.78, 5) is 12.2. The van der Waals surface area contributed by atoms with E-state index in [4.69, 9.17) is 4.74 Å². The number of rotatable bonds is 4. The molecule has 2 atom stereocenters. The molecule has 0 bridgehead atoms. The molecule has 1 aromatic carbocycles. The average molecular weight is 328 g/mol. The second kappa shape index (κ2) is 7.82. The van der Waals surface area contributed by atoms with E-state index >= 15 is 0 Å². The Balaban J connectivity index is 1.54. The minimum atomic E-state index is -0.149. The van der Waals surface area contributed by atoms with Gasteiger partial charge in [0.25, 0.3) is 5.91 Å². The van der Waals surface area contributed by atoms with E-state index in [9.17, 15) is 4.79 Å². The van der Waals surface area contributed by atoms with Crippen molar-refractivity contribution in [1.82, 2.24) is 5.43 Å². The summed E-state index contributed by atoms with van der Waals surface area (Å²) in [5.74, 6) is 2.31. The summed E-state index contributed by atoms with van der Waals surface area (Å²) in [6, 6.07) is 7.22. The summed E-state index contributed by atoms with van der Waals surface area (Å²) in [5.41, 5.74) is 4.50. The van der Waals surface area contributed by atoms with Crippen molar-refractivity contribution in [3.8, 4) is 5.75 Å². The molecule has 0 heterocycles. The molecule has 2 saturated carbocycles. The fourth-order valence-electron chi connectivity index (χ4n) is 3.94. The lowest BCUT2D eigenvalue weighted by atomic mass is 9.70. The fourth-order valence-corrected chi connectivity index (χ4v) is 3.94. The second-order valence-electron chi connectivity index (χ2n) is 7.36. The first-order valence-corrected chi connectivity index (χ1v) is 9.24. The highest BCUT2D eigenvalue weighted by molar-refractivity contribution is 5.95. The molecule has 0 unspecified atom stereocenters. The Morgan fingerprint density at radius 2 is 1.83 bits per heavy atom. The number of ether oxygens (including phenoxy) is 1. The Morgan fingerprint density at radius 3 is 2.54 bits per heavy atom. The van der Waals surface area contributed by atoms with Gasteiger partial charge in [-0.05, 0) is 75.6 Å².